The van der Waals surface area contributed by atoms with E-state index in [2.05, 4.69) is 14.7 Å². The molecule has 1 heterocycles. The highest BCUT2D eigenvalue weighted by Crippen LogP contribution is 2.27. The minimum absolute atomic E-state index is 0.190. The van der Waals surface area contributed by atoms with E-state index < -0.39 is 17.8 Å². The van der Waals surface area contributed by atoms with Crippen molar-refractivity contribution >= 4 is 11.9 Å². The second-order valence-electron chi connectivity index (χ2n) is 3.17. The summed E-state index contributed by atoms with van der Waals surface area (Å²) in [4.78, 5) is 19.1. The molecule has 0 amide bonds. The van der Waals surface area contributed by atoms with E-state index >= 15 is 0 Å². The van der Waals surface area contributed by atoms with Crippen molar-refractivity contribution in [2.24, 2.45) is 0 Å². The van der Waals surface area contributed by atoms with Crippen LogP contribution in [0.1, 0.15) is 5.69 Å². The van der Waals surface area contributed by atoms with E-state index in [1.807, 2.05) is 0 Å². The molecular formula is C9H10F3N3O2. The van der Waals surface area contributed by atoms with Crippen LogP contribution in [0.4, 0.5) is 19.1 Å². The minimum atomic E-state index is -4.54. The first-order valence-corrected chi connectivity index (χ1v) is 4.53. The molecule has 94 valence electrons. The third-order valence-corrected chi connectivity index (χ3v) is 1.87. The first-order valence-electron chi connectivity index (χ1n) is 4.53. The van der Waals surface area contributed by atoms with Gasteiger partial charge in [0.05, 0.1) is 7.11 Å². The maximum absolute atomic E-state index is 12.4. The summed E-state index contributed by atoms with van der Waals surface area (Å²) in [5, 5.41) is 0. The molecule has 17 heavy (non-hydrogen) atoms. The Morgan fingerprint density at radius 2 is 2.18 bits per heavy atom. The first kappa shape index (κ1) is 13.2. The average molecular weight is 249 g/mol. The number of rotatable bonds is 3. The molecule has 1 rings (SSSR count). The van der Waals surface area contributed by atoms with Crippen molar-refractivity contribution in [3.05, 3.63) is 18.0 Å². The van der Waals surface area contributed by atoms with Crippen LogP contribution in [0.25, 0.3) is 0 Å². The second kappa shape index (κ2) is 4.98. The Hall–Kier alpha value is -1.86. The lowest BCUT2D eigenvalue weighted by Crippen LogP contribution is -2.28. The number of ether oxygens (including phenoxy) is 1. The van der Waals surface area contributed by atoms with Gasteiger partial charge in [-0.05, 0) is 6.07 Å². The van der Waals surface area contributed by atoms with Gasteiger partial charge in [-0.3, -0.25) is 4.79 Å². The van der Waals surface area contributed by atoms with Crippen molar-refractivity contribution in [3.63, 3.8) is 0 Å². The smallest absolute Gasteiger partial charge is 0.433 e. The lowest BCUT2D eigenvalue weighted by atomic mass is 10.4. The van der Waals surface area contributed by atoms with Gasteiger partial charge < -0.3 is 9.64 Å². The van der Waals surface area contributed by atoms with E-state index in [0.717, 1.165) is 12.3 Å². The Labute approximate surface area is 95.2 Å². The van der Waals surface area contributed by atoms with Crippen LogP contribution in [0.2, 0.25) is 0 Å². The minimum Gasteiger partial charge on any atom is -0.468 e. The largest absolute Gasteiger partial charge is 0.468 e. The fraction of sp³-hybridized carbons (Fsp3) is 0.444. The Kier molecular flexibility index (Phi) is 3.87. The van der Waals surface area contributed by atoms with Crippen molar-refractivity contribution in [3.8, 4) is 0 Å². The fourth-order valence-corrected chi connectivity index (χ4v) is 1.02. The summed E-state index contributed by atoms with van der Waals surface area (Å²) < 4.78 is 41.5. The molecule has 0 spiro atoms. The van der Waals surface area contributed by atoms with Crippen LogP contribution >= 0.6 is 0 Å². The van der Waals surface area contributed by atoms with Crippen LogP contribution < -0.4 is 4.90 Å². The molecule has 8 heteroatoms. The number of aromatic nitrogens is 2. The Morgan fingerprint density at radius 1 is 1.53 bits per heavy atom. The van der Waals surface area contributed by atoms with Gasteiger partial charge in [0, 0.05) is 13.2 Å². The van der Waals surface area contributed by atoms with Gasteiger partial charge in [-0.1, -0.05) is 0 Å². The molecule has 0 aliphatic carbocycles. The van der Waals surface area contributed by atoms with Gasteiger partial charge in [-0.15, -0.1) is 0 Å². The number of esters is 1. The van der Waals surface area contributed by atoms with E-state index in [9.17, 15) is 18.0 Å². The average Bonchev–Trinajstić information content (AvgIpc) is 2.28. The van der Waals surface area contributed by atoms with Gasteiger partial charge >= 0.3 is 12.1 Å². The number of nitrogens with zero attached hydrogens (tertiary/aromatic N) is 3. The Balaban J connectivity index is 2.88. The van der Waals surface area contributed by atoms with Crippen molar-refractivity contribution in [1.29, 1.82) is 0 Å². The van der Waals surface area contributed by atoms with Gasteiger partial charge in [0.1, 0.15) is 12.2 Å². The lowest BCUT2D eigenvalue weighted by molar-refractivity contribution is -0.141. The molecule has 0 aromatic carbocycles. The zero-order valence-corrected chi connectivity index (χ0v) is 9.15. The zero-order valence-electron chi connectivity index (χ0n) is 9.15. The van der Waals surface area contributed by atoms with Crippen LogP contribution in [-0.2, 0) is 15.7 Å². The molecule has 0 saturated heterocycles. The van der Waals surface area contributed by atoms with Gasteiger partial charge in [-0.2, -0.15) is 13.2 Å². The predicted octanol–water partition coefficient (Wildman–Crippen LogP) is 1.10. The summed E-state index contributed by atoms with van der Waals surface area (Å²) in [6.45, 7) is -0.224. The van der Waals surface area contributed by atoms with Gasteiger partial charge in [0.25, 0.3) is 0 Å². The normalized spacial score (nSPS) is 11.1. The van der Waals surface area contributed by atoms with E-state index in [1.165, 1.54) is 19.1 Å². The highest BCUT2D eigenvalue weighted by Gasteiger charge is 2.33. The van der Waals surface area contributed by atoms with Crippen molar-refractivity contribution in [2.45, 2.75) is 6.18 Å². The summed E-state index contributed by atoms with van der Waals surface area (Å²) in [5.74, 6) is -0.779. The number of hydrogen-bond acceptors (Lipinski definition) is 5. The summed E-state index contributed by atoms with van der Waals surface area (Å²) in [6, 6.07) is 0.759. The number of alkyl halides is 3. The predicted molar refractivity (Wildman–Crippen MR) is 52.3 cm³/mol. The van der Waals surface area contributed by atoms with E-state index in [4.69, 9.17) is 0 Å². The number of anilines is 1. The highest BCUT2D eigenvalue weighted by atomic mass is 19.4. The molecule has 0 unspecified atom stereocenters. The second-order valence-corrected chi connectivity index (χ2v) is 3.17. The number of likely N-dealkylation sites (N-methyl/N-ethyl adjacent to an activating group) is 1. The molecule has 1 aromatic heterocycles. The molecule has 0 aliphatic rings. The van der Waals surface area contributed by atoms with Gasteiger partial charge in [0.15, 0.2) is 0 Å². The first-order chi connectivity index (χ1) is 7.84. The molecule has 0 atom stereocenters. The number of hydrogen-bond donors (Lipinski definition) is 0. The van der Waals surface area contributed by atoms with Crippen LogP contribution in [0, 0.1) is 0 Å². The lowest BCUT2D eigenvalue weighted by Gasteiger charge is -2.16. The molecule has 0 aliphatic heterocycles. The maximum atomic E-state index is 12.4. The quantitative estimate of drug-likeness (QED) is 0.751. The molecule has 0 N–H and O–H groups in total. The van der Waals surface area contributed by atoms with Crippen molar-refractivity contribution in [1.82, 2.24) is 9.97 Å². The summed E-state index contributed by atoms with van der Waals surface area (Å²) in [6.07, 6.45) is -3.55. The molecule has 5 nitrogen and oxygen atoms in total. The van der Waals surface area contributed by atoms with Gasteiger partial charge in [-0.25, -0.2) is 9.97 Å². The molecule has 0 fully saturated rings. The zero-order chi connectivity index (χ0) is 13.1. The van der Waals surface area contributed by atoms with Crippen LogP contribution in [0.5, 0.6) is 0 Å². The third-order valence-electron chi connectivity index (χ3n) is 1.87. The molecular weight excluding hydrogens is 239 g/mol. The summed E-state index contributed by atoms with van der Waals surface area (Å²) >= 11 is 0. The maximum Gasteiger partial charge on any atom is 0.433 e. The number of carbonyl (C=O) groups is 1. The highest BCUT2D eigenvalue weighted by molar-refractivity contribution is 5.74. The molecule has 0 saturated carbocycles. The van der Waals surface area contributed by atoms with Crippen molar-refractivity contribution in [2.75, 3.05) is 25.6 Å². The van der Waals surface area contributed by atoms with E-state index in [-0.39, 0.29) is 12.5 Å². The van der Waals surface area contributed by atoms with E-state index in [0.29, 0.717) is 0 Å². The summed E-state index contributed by atoms with van der Waals surface area (Å²) in [7, 11) is 2.58. The Bertz CT molecular complexity index is 409. The monoisotopic (exact) mass is 249 g/mol. The Morgan fingerprint density at radius 3 is 2.71 bits per heavy atom. The number of methoxy groups -OCH3 is 1. The third kappa shape index (κ3) is 3.58. The topological polar surface area (TPSA) is 55.3 Å². The fourth-order valence-electron chi connectivity index (χ4n) is 1.02. The van der Waals surface area contributed by atoms with E-state index in [1.54, 1.807) is 0 Å². The van der Waals surface area contributed by atoms with Crippen LogP contribution in [0.15, 0.2) is 12.3 Å². The number of halogens is 3. The standard InChI is InChI=1S/C9H10F3N3O2/c1-15(5-7(16)17-2)8-13-4-3-6(14-8)9(10,11)12/h3-4H,5H2,1-2H3. The van der Waals surface area contributed by atoms with Crippen LogP contribution in [0.3, 0.4) is 0 Å². The van der Waals surface area contributed by atoms with Crippen molar-refractivity contribution < 1.29 is 22.7 Å². The van der Waals surface area contributed by atoms with Crippen LogP contribution in [-0.4, -0.2) is 36.6 Å². The molecule has 0 bridgehead atoms. The summed E-state index contributed by atoms with van der Waals surface area (Å²) in [5.41, 5.74) is -1.06. The number of carbonyl (C=O) groups excluding carboxylic acids is 1. The van der Waals surface area contributed by atoms with Gasteiger partial charge in [0.2, 0.25) is 5.95 Å². The molecule has 0 radical (unpaired) electrons. The SMILES string of the molecule is COC(=O)CN(C)c1nccc(C(F)(F)F)n1. The molecule has 1 aromatic rings.